The van der Waals surface area contributed by atoms with Crippen LogP contribution in [0.25, 0.3) is 0 Å². The first kappa shape index (κ1) is 19.9. The third-order valence-electron chi connectivity index (χ3n) is 4.01. The summed E-state index contributed by atoms with van der Waals surface area (Å²) in [5.41, 5.74) is 1.94. The van der Waals surface area contributed by atoms with E-state index in [0.717, 1.165) is 11.5 Å². The van der Waals surface area contributed by atoms with Gasteiger partial charge >= 0.3 is 0 Å². The Morgan fingerprint density at radius 1 is 1.32 bits per heavy atom. The summed E-state index contributed by atoms with van der Waals surface area (Å²) in [7, 11) is 1.58. The number of ether oxygens (including phenoxy) is 1. The number of amides is 1. The van der Waals surface area contributed by atoms with Gasteiger partial charge in [0.25, 0.3) is 5.91 Å². The molecule has 0 aliphatic carbocycles. The highest BCUT2D eigenvalue weighted by atomic mass is 32.2. The Balaban J connectivity index is 1.60. The van der Waals surface area contributed by atoms with Crippen LogP contribution in [0.1, 0.15) is 33.5 Å². The first-order valence-corrected chi connectivity index (χ1v) is 9.65. The van der Waals surface area contributed by atoms with Gasteiger partial charge in [0.1, 0.15) is 16.5 Å². The van der Waals surface area contributed by atoms with Crippen molar-refractivity contribution < 1.29 is 19.2 Å². The molecule has 2 aromatic heterocycles. The zero-order chi connectivity index (χ0) is 19.9. The predicted molar refractivity (Wildman–Crippen MR) is 105 cm³/mol. The predicted octanol–water partition coefficient (Wildman–Crippen LogP) is 3.14. The normalized spacial score (nSPS) is 11.8. The highest BCUT2D eigenvalue weighted by Gasteiger charge is 2.15. The molecule has 3 rings (SSSR count). The van der Waals surface area contributed by atoms with Crippen LogP contribution in [0.5, 0.6) is 5.75 Å². The van der Waals surface area contributed by atoms with E-state index in [0.29, 0.717) is 27.7 Å². The zero-order valence-corrected chi connectivity index (χ0v) is 16.4. The van der Waals surface area contributed by atoms with E-state index >= 15 is 0 Å². The zero-order valence-electron chi connectivity index (χ0n) is 15.6. The van der Waals surface area contributed by atoms with E-state index in [9.17, 15) is 9.90 Å². The minimum absolute atomic E-state index is 0.0899. The average molecular weight is 399 g/mol. The van der Waals surface area contributed by atoms with Gasteiger partial charge in [-0.2, -0.15) is 0 Å². The Kier molecular flexibility index (Phi) is 6.67. The van der Waals surface area contributed by atoms with Crippen LogP contribution in [-0.2, 0) is 5.75 Å². The summed E-state index contributed by atoms with van der Waals surface area (Å²) in [6, 6.07) is 12.3. The lowest BCUT2D eigenvalue weighted by Crippen LogP contribution is -2.29. The molecule has 0 radical (unpaired) electrons. The maximum Gasteiger partial charge on any atom is 0.254 e. The van der Waals surface area contributed by atoms with Gasteiger partial charge in [0, 0.05) is 24.6 Å². The Morgan fingerprint density at radius 3 is 2.79 bits per heavy atom. The monoisotopic (exact) mass is 399 g/mol. The first-order chi connectivity index (χ1) is 13.6. The largest absolute Gasteiger partial charge is 0.497 e. The number of pyridine rings is 1. The quantitative estimate of drug-likeness (QED) is 0.562. The molecule has 1 aromatic carbocycles. The molecule has 8 heteroatoms. The topological polar surface area (TPSA) is 97.5 Å². The van der Waals surface area contributed by atoms with E-state index in [4.69, 9.17) is 9.26 Å². The molecule has 2 heterocycles. The molecule has 0 spiro atoms. The van der Waals surface area contributed by atoms with Gasteiger partial charge in [-0.3, -0.25) is 4.79 Å². The molecule has 1 unspecified atom stereocenters. The van der Waals surface area contributed by atoms with Crippen LogP contribution in [0.2, 0.25) is 0 Å². The number of rotatable bonds is 8. The maximum atomic E-state index is 12.6. The first-order valence-electron chi connectivity index (χ1n) is 8.67. The lowest BCUT2D eigenvalue weighted by molar-refractivity contribution is 0.0912. The number of hydrogen-bond acceptors (Lipinski definition) is 7. The van der Waals surface area contributed by atoms with Gasteiger partial charge in [0.15, 0.2) is 0 Å². The average Bonchev–Trinajstić information content (AvgIpc) is 3.15. The van der Waals surface area contributed by atoms with Crippen molar-refractivity contribution in [3.8, 4) is 5.75 Å². The fraction of sp³-hybridized carbons (Fsp3) is 0.250. The van der Waals surface area contributed by atoms with Crippen LogP contribution in [-0.4, -0.2) is 34.8 Å². The molecule has 1 atom stereocenters. The molecular formula is C20H21N3O4S. The number of aromatic nitrogens is 2. The number of hydrogen-bond donors (Lipinski definition) is 2. The molecule has 2 N–H and O–H groups in total. The maximum absolute atomic E-state index is 12.6. The number of aliphatic hydroxyl groups is 1. The Bertz CT molecular complexity index is 927. The Hall–Kier alpha value is -2.84. The number of nitrogens with one attached hydrogen (secondary N) is 1. The molecule has 0 aliphatic rings. The molecule has 0 bridgehead atoms. The number of benzene rings is 1. The van der Waals surface area contributed by atoms with E-state index in [-0.39, 0.29) is 12.5 Å². The van der Waals surface area contributed by atoms with Crippen molar-refractivity contribution in [2.45, 2.75) is 23.8 Å². The summed E-state index contributed by atoms with van der Waals surface area (Å²) in [6.07, 6.45) is 0.819. The van der Waals surface area contributed by atoms with Crippen molar-refractivity contribution in [3.05, 3.63) is 71.2 Å². The molecule has 28 heavy (non-hydrogen) atoms. The smallest absolute Gasteiger partial charge is 0.254 e. The highest BCUT2D eigenvalue weighted by molar-refractivity contribution is 7.98. The van der Waals surface area contributed by atoms with Gasteiger partial charge < -0.3 is 19.7 Å². The SMILES string of the molecule is COc1ccc(C(O)CNC(=O)c2cccnc2SCc2cc(C)on2)cc1. The molecule has 7 nitrogen and oxygen atoms in total. The van der Waals surface area contributed by atoms with Gasteiger partial charge in [-0.25, -0.2) is 4.98 Å². The number of carbonyl (C=O) groups is 1. The third-order valence-corrected chi connectivity index (χ3v) is 5.04. The fourth-order valence-corrected chi connectivity index (χ4v) is 3.41. The van der Waals surface area contributed by atoms with Crippen molar-refractivity contribution in [1.29, 1.82) is 0 Å². The number of thioether (sulfide) groups is 1. The summed E-state index contributed by atoms with van der Waals surface area (Å²) >= 11 is 1.41. The lowest BCUT2D eigenvalue weighted by Gasteiger charge is -2.14. The third kappa shape index (κ3) is 5.11. The van der Waals surface area contributed by atoms with Crippen LogP contribution >= 0.6 is 11.8 Å². The van der Waals surface area contributed by atoms with Gasteiger partial charge in [0.05, 0.1) is 24.5 Å². The molecule has 0 saturated carbocycles. The van der Waals surface area contributed by atoms with Crippen molar-refractivity contribution in [1.82, 2.24) is 15.5 Å². The fourth-order valence-electron chi connectivity index (χ4n) is 2.54. The minimum atomic E-state index is -0.819. The molecule has 3 aromatic rings. The summed E-state index contributed by atoms with van der Waals surface area (Å²) in [4.78, 5) is 16.9. The van der Waals surface area contributed by atoms with Crippen LogP contribution < -0.4 is 10.1 Å². The highest BCUT2D eigenvalue weighted by Crippen LogP contribution is 2.24. The van der Waals surface area contributed by atoms with E-state index in [1.54, 1.807) is 49.7 Å². The van der Waals surface area contributed by atoms with Crippen LogP contribution in [0.3, 0.4) is 0 Å². The second-order valence-corrected chi connectivity index (χ2v) is 7.04. The minimum Gasteiger partial charge on any atom is -0.497 e. The molecule has 146 valence electrons. The van der Waals surface area contributed by atoms with Crippen molar-refractivity contribution in [3.63, 3.8) is 0 Å². The molecule has 0 saturated heterocycles. The summed E-state index contributed by atoms with van der Waals surface area (Å²) in [6.45, 7) is 1.92. The van der Waals surface area contributed by atoms with Crippen molar-refractivity contribution in [2.75, 3.05) is 13.7 Å². The van der Waals surface area contributed by atoms with Gasteiger partial charge in [0.2, 0.25) is 0 Å². The number of nitrogens with zero attached hydrogens (tertiary/aromatic N) is 2. The van der Waals surface area contributed by atoms with E-state index in [1.165, 1.54) is 11.8 Å². The summed E-state index contributed by atoms with van der Waals surface area (Å²) in [5.74, 6) is 1.70. The van der Waals surface area contributed by atoms with Crippen molar-refractivity contribution >= 4 is 17.7 Å². The van der Waals surface area contributed by atoms with Gasteiger partial charge in [-0.05, 0) is 36.8 Å². The summed E-state index contributed by atoms with van der Waals surface area (Å²) < 4.78 is 10.2. The van der Waals surface area contributed by atoms with Crippen molar-refractivity contribution in [2.24, 2.45) is 0 Å². The number of methoxy groups -OCH3 is 1. The lowest BCUT2D eigenvalue weighted by atomic mass is 10.1. The molecular weight excluding hydrogens is 378 g/mol. The number of aliphatic hydroxyl groups excluding tert-OH is 1. The molecule has 0 fully saturated rings. The van der Waals surface area contributed by atoms with E-state index in [1.807, 2.05) is 13.0 Å². The molecule has 0 aliphatic heterocycles. The van der Waals surface area contributed by atoms with Crippen LogP contribution in [0.15, 0.2) is 58.2 Å². The van der Waals surface area contributed by atoms with E-state index < -0.39 is 6.10 Å². The Labute approximate surface area is 167 Å². The number of carbonyl (C=O) groups excluding carboxylic acids is 1. The van der Waals surface area contributed by atoms with Crippen LogP contribution in [0, 0.1) is 6.92 Å². The van der Waals surface area contributed by atoms with Gasteiger partial charge in [-0.15, -0.1) is 0 Å². The number of aryl methyl sites for hydroxylation is 1. The molecule has 1 amide bonds. The second kappa shape index (κ2) is 9.38. The van der Waals surface area contributed by atoms with Crippen LogP contribution in [0.4, 0.5) is 0 Å². The van der Waals surface area contributed by atoms with E-state index in [2.05, 4.69) is 15.5 Å². The Morgan fingerprint density at radius 2 is 2.11 bits per heavy atom. The standard InChI is InChI=1S/C20H21N3O4S/c1-13-10-15(23-27-13)12-28-20-17(4-3-9-21-20)19(25)22-11-18(24)14-5-7-16(26-2)8-6-14/h3-10,18,24H,11-12H2,1-2H3,(H,22,25). The second-order valence-electron chi connectivity index (χ2n) is 6.07. The van der Waals surface area contributed by atoms with Gasteiger partial charge in [-0.1, -0.05) is 29.1 Å². The summed E-state index contributed by atoms with van der Waals surface area (Å²) in [5, 5.41) is 17.6.